The number of hydrogen-bond acceptors (Lipinski definition) is 0. The summed E-state index contributed by atoms with van der Waals surface area (Å²) in [4.78, 5) is -0.157. The monoisotopic (exact) mass is 292 g/mol. The number of halogens is 3. The van der Waals surface area contributed by atoms with Crippen LogP contribution in [0.3, 0.4) is 0 Å². The Morgan fingerprint density at radius 3 is 1.75 bits per heavy atom. The molecule has 0 aliphatic heterocycles. The molecular weight excluding hydrogens is 285 g/mol. The molecule has 0 rings (SSSR count). The van der Waals surface area contributed by atoms with E-state index in [-0.39, 0.29) is 80.2 Å². The van der Waals surface area contributed by atoms with Crippen molar-refractivity contribution in [1.29, 1.82) is 0 Å². The first kappa shape index (κ1) is 17.1. The molecule has 0 heterocycles. The van der Waals surface area contributed by atoms with Gasteiger partial charge in [0.15, 0.2) is 0 Å². The van der Waals surface area contributed by atoms with E-state index in [0.29, 0.717) is 0 Å². The van der Waals surface area contributed by atoms with Gasteiger partial charge in [-0.3, -0.25) is 0 Å². The zero-order chi connectivity index (χ0) is 4.99. The van der Waals surface area contributed by atoms with Gasteiger partial charge in [0.05, 0.1) is 0 Å². The van der Waals surface area contributed by atoms with E-state index in [2.05, 4.69) is 6.92 Å². The second kappa shape index (κ2) is 12.6. The maximum Gasteiger partial charge on any atom is 1.00 e. The molecule has 0 N–H and O–H groups in total. The van der Waals surface area contributed by atoms with E-state index in [0.717, 1.165) is 12.8 Å². The molecule has 4 heteroatoms. The van der Waals surface area contributed by atoms with Crippen LogP contribution in [0, 0.1) is 0 Å². The van der Waals surface area contributed by atoms with Gasteiger partial charge in [-0.25, -0.2) is 0 Å². The van der Waals surface area contributed by atoms with Crippen LogP contribution in [-0.2, 0) is 0 Å². The Labute approximate surface area is 121 Å². The van der Waals surface area contributed by atoms with E-state index in [4.69, 9.17) is 23.2 Å². The van der Waals surface area contributed by atoms with Gasteiger partial charge < -0.3 is 24.0 Å². The van der Waals surface area contributed by atoms with Crippen molar-refractivity contribution in [3.8, 4) is 0 Å². The van der Waals surface area contributed by atoms with Crippen LogP contribution in [0.5, 0.6) is 0 Å². The van der Waals surface area contributed by atoms with E-state index in [9.17, 15) is 0 Å². The summed E-state index contributed by atoms with van der Waals surface area (Å²) in [5.74, 6) is 0. The van der Waals surface area contributed by atoms with Crippen molar-refractivity contribution in [3.05, 3.63) is 0 Å². The molecule has 8 heavy (non-hydrogen) atoms. The topological polar surface area (TPSA) is 0 Å². The fourth-order valence-electron chi connectivity index (χ4n) is 0.218. The normalized spacial score (nSPS) is 7.50. The molecule has 0 spiro atoms. The maximum absolute atomic E-state index is 5.34. The molecule has 0 aromatic rings. The second-order valence-electron chi connectivity index (χ2n) is 1.18. The third-order valence-corrected chi connectivity index (χ3v) is 0.943. The Balaban J connectivity index is -0.000000125. The van der Waals surface area contributed by atoms with Gasteiger partial charge in [0.25, 0.3) is 0 Å². The van der Waals surface area contributed by atoms with Crippen LogP contribution in [0.25, 0.3) is 0 Å². The van der Waals surface area contributed by atoms with Crippen LogP contribution < -0.4 is 75.4 Å². The standard InChI is InChI=1S/C4H8Cl2.HI.K/c1-2-3-4(5)6;;/h4H,2-3H2,1H3;1H;/q;;+1/p-1. The molecule has 46 valence electrons. The molecule has 0 unspecified atom stereocenters. The minimum atomic E-state index is -0.157. The van der Waals surface area contributed by atoms with Crippen molar-refractivity contribution < 1.29 is 75.4 Å². The number of hydrogen-bond donors (Lipinski definition) is 0. The molecule has 0 radical (unpaired) electrons. The van der Waals surface area contributed by atoms with E-state index in [1.165, 1.54) is 0 Å². The van der Waals surface area contributed by atoms with Gasteiger partial charge in [-0.05, 0) is 6.42 Å². The van der Waals surface area contributed by atoms with Crippen LogP contribution in [0.2, 0.25) is 0 Å². The molecular formula is C4H8Cl2IK. The van der Waals surface area contributed by atoms with Crippen LogP contribution in [0.1, 0.15) is 19.8 Å². The summed E-state index contributed by atoms with van der Waals surface area (Å²) in [5, 5.41) is 0. The Morgan fingerprint density at radius 2 is 1.75 bits per heavy atom. The Morgan fingerprint density at radius 1 is 1.38 bits per heavy atom. The maximum atomic E-state index is 5.34. The van der Waals surface area contributed by atoms with Crippen molar-refractivity contribution in [2.45, 2.75) is 24.6 Å². The summed E-state index contributed by atoms with van der Waals surface area (Å²) in [6, 6.07) is 0. The summed E-state index contributed by atoms with van der Waals surface area (Å²) >= 11 is 10.7. The smallest absolute Gasteiger partial charge is 1.00 e. The fraction of sp³-hybridized carbons (Fsp3) is 1.00. The molecule has 0 amide bonds. The Kier molecular flexibility index (Phi) is 27.0. The molecule has 0 nitrogen and oxygen atoms in total. The molecule has 0 aliphatic carbocycles. The molecule has 0 atom stereocenters. The predicted octanol–water partition coefficient (Wildman–Crippen LogP) is -3.40. The van der Waals surface area contributed by atoms with E-state index in [1.807, 2.05) is 0 Å². The van der Waals surface area contributed by atoms with Crippen molar-refractivity contribution in [2.75, 3.05) is 0 Å². The van der Waals surface area contributed by atoms with E-state index >= 15 is 0 Å². The summed E-state index contributed by atoms with van der Waals surface area (Å²) in [6.07, 6.45) is 1.97. The zero-order valence-electron chi connectivity index (χ0n) is 5.13. The van der Waals surface area contributed by atoms with Gasteiger partial charge in [-0.15, -0.1) is 23.2 Å². The SMILES string of the molecule is CCCC(Cl)Cl.[I-].[K+]. The third-order valence-electron chi connectivity index (χ3n) is 0.507. The van der Waals surface area contributed by atoms with Gasteiger partial charge in [0.2, 0.25) is 0 Å². The Bertz CT molecular complexity index is 35.2. The first-order valence-corrected chi connectivity index (χ1v) is 2.92. The van der Waals surface area contributed by atoms with Crippen LogP contribution in [0.4, 0.5) is 0 Å². The zero-order valence-corrected chi connectivity index (χ0v) is 11.9. The van der Waals surface area contributed by atoms with Gasteiger partial charge >= 0.3 is 51.4 Å². The largest absolute Gasteiger partial charge is 1.00 e. The van der Waals surface area contributed by atoms with Gasteiger partial charge in [-0.2, -0.15) is 0 Å². The fourth-order valence-corrected chi connectivity index (χ4v) is 0.655. The molecule has 0 fully saturated rings. The Hall–Kier alpha value is 2.95. The predicted molar refractivity (Wildman–Crippen MR) is 30.4 cm³/mol. The van der Waals surface area contributed by atoms with Crippen molar-refractivity contribution >= 4 is 23.2 Å². The minimum absolute atomic E-state index is 0. The molecule has 0 bridgehead atoms. The first-order valence-electron chi connectivity index (χ1n) is 2.05. The molecule has 0 aromatic heterocycles. The summed E-state index contributed by atoms with van der Waals surface area (Å²) in [7, 11) is 0. The van der Waals surface area contributed by atoms with Gasteiger partial charge in [0.1, 0.15) is 4.84 Å². The van der Waals surface area contributed by atoms with Crippen molar-refractivity contribution in [3.63, 3.8) is 0 Å². The summed E-state index contributed by atoms with van der Waals surface area (Å²) < 4.78 is 0. The molecule has 0 saturated heterocycles. The van der Waals surface area contributed by atoms with E-state index in [1.54, 1.807) is 0 Å². The second-order valence-corrected chi connectivity index (χ2v) is 2.46. The van der Waals surface area contributed by atoms with Crippen LogP contribution >= 0.6 is 23.2 Å². The summed E-state index contributed by atoms with van der Waals surface area (Å²) in [6.45, 7) is 2.05. The molecule has 0 aliphatic rings. The van der Waals surface area contributed by atoms with Crippen LogP contribution in [-0.4, -0.2) is 4.84 Å². The van der Waals surface area contributed by atoms with Crippen LogP contribution in [0.15, 0.2) is 0 Å². The third kappa shape index (κ3) is 16.0. The van der Waals surface area contributed by atoms with Gasteiger partial charge in [0, 0.05) is 0 Å². The molecule has 0 aromatic carbocycles. The number of rotatable bonds is 2. The molecule has 0 saturated carbocycles. The average Bonchev–Trinajstić information content (AvgIpc) is 1.35. The van der Waals surface area contributed by atoms with Crippen molar-refractivity contribution in [1.82, 2.24) is 0 Å². The minimum Gasteiger partial charge on any atom is -1.00 e. The summed E-state index contributed by atoms with van der Waals surface area (Å²) in [5.41, 5.74) is 0. The first-order chi connectivity index (χ1) is 2.77. The van der Waals surface area contributed by atoms with Crippen molar-refractivity contribution in [2.24, 2.45) is 0 Å². The number of alkyl halides is 2. The quantitative estimate of drug-likeness (QED) is 0.283. The van der Waals surface area contributed by atoms with E-state index < -0.39 is 0 Å². The van der Waals surface area contributed by atoms with Gasteiger partial charge in [-0.1, -0.05) is 13.3 Å². The average molecular weight is 293 g/mol.